The van der Waals surface area contributed by atoms with Crippen LogP contribution in [-0.4, -0.2) is 23.0 Å². The minimum atomic E-state index is -0.742. The van der Waals surface area contributed by atoms with E-state index in [-0.39, 0.29) is 23.3 Å². The van der Waals surface area contributed by atoms with Crippen LogP contribution in [0.5, 0.6) is 0 Å². The van der Waals surface area contributed by atoms with Gasteiger partial charge in [0.15, 0.2) is 0 Å². The van der Waals surface area contributed by atoms with Gasteiger partial charge in [-0.25, -0.2) is 0 Å². The zero-order valence-corrected chi connectivity index (χ0v) is 12.0. The Kier molecular flexibility index (Phi) is 3.70. The third kappa shape index (κ3) is 2.55. The first kappa shape index (κ1) is 14.1. The highest BCUT2D eigenvalue weighted by atomic mass is 16.4. The van der Waals surface area contributed by atoms with Crippen LogP contribution in [0, 0.1) is 5.92 Å². The summed E-state index contributed by atoms with van der Waals surface area (Å²) in [6.45, 7) is 0. The number of hydrogen-bond acceptors (Lipinski definition) is 2. The van der Waals surface area contributed by atoms with E-state index in [0.29, 0.717) is 12.8 Å². The summed E-state index contributed by atoms with van der Waals surface area (Å²) in [5, 5.41) is 12.2. The Labute approximate surface area is 124 Å². The monoisotopic (exact) mass is 287 g/mol. The van der Waals surface area contributed by atoms with Crippen LogP contribution in [0.25, 0.3) is 0 Å². The molecule has 0 spiro atoms. The molecule has 4 nitrogen and oxygen atoms in total. The van der Waals surface area contributed by atoms with Gasteiger partial charge in [-0.3, -0.25) is 9.59 Å². The number of rotatable bonds is 4. The normalized spacial score (nSPS) is 26.9. The molecule has 1 aromatic rings. The number of aliphatic carboxylic acids is 1. The predicted molar refractivity (Wildman–Crippen MR) is 78.9 cm³/mol. The van der Waals surface area contributed by atoms with Crippen molar-refractivity contribution in [2.45, 2.75) is 50.0 Å². The van der Waals surface area contributed by atoms with Crippen LogP contribution in [0.2, 0.25) is 0 Å². The van der Waals surface area contributed by atoms with Crippen molar-refractivity contribution in [1.82, 2.24) is 5.32 Å². The molecule has 1 amide bonds. The molecule has 0 unspecified atom stereocenters. The number of carbonyl (C=O) groups is 2. The lowest BCUT2D eigenvalue weighted by Gasteiger charge is -2.41. The molecule has 0 saturated heterocycles. The van der Waals surface area contributed by atoms with E-state index in [1.807, 2.05) is 30.3 Å². The topological polar surface area (TPSA) is 66.4 Å². The summed E-state index contributed by atoms with van der Waals surface area (Å²) in [4.78, 5) is 23.7. The molecule has 21 heavy (non-hydrogen) atoms. The lowest BCUT2D eigenvalue weighted by Crippen LogP contribution is -2.51. The number of nitrogens with one attached hydrogen (secondary N) is 1. The summed E-state index contributed by atoms with van der Waals surface area (Å²) in [5.41, 5.74) is 0.698. The standard InChI is InChI=1S/C17H21NO3/c19-15(20)12-7-8-14(11-12)18-16(21)17(9-4-10-17)13-5-2-1-3-6-13/h1-3,5-6,12,14H,4,7-11H2,(H,18,21)(H,19,20)/t12-,14+/m0/s1. The minimum Gasteiger partial charge on any atom is -0.481 e. The third-order valence-electron chi connectivity index (χ3n) is 5.09. The van der Waals surface area contributed by atoms with E-state index < -0.39 is 5.97 Å². The number of benzene rings is 1. The van der Waals surface area contributed by atoms with Gasteiger partial charge in [0, 0.05) is 6.04 Å². The molecule has 0 heterocycles. The smallest absolute Gasteiger partial charge is 0.306 e. The van der Waals surface area contributed by atoms with Gasteiger partial charge in [0.25, 0.3) is 0 Å². The molecule has 0 aromatic heterocycles. The molecule has 2 saturated carbocycles. The zero-order chi connectivity index (χ0) is 14.9. The number of carbonyl (C=O) groups excluding carboxylic acids is 1. The minimum absolute atomic E-state index is 0.0137. The van der Waals surface area contributed by atoms with Crippen LogP contribution < -0.4 is 5.32 Å². The summed E-state index contributed by atoms with van der Waals surface area (Å²) in [5.74, 6) is -0.964. The van der Waals surface area contributed by atoms with E-state index in [4.69, 9.17) is 5.11 Å². The van der Waals surface area contributed by atoms with Crippen molar-refractivity contribution in [2.75, 3.05) is 0 Å². The van der Waals surface area contributed by atoms with E-state index in [9.17, 15) is 9.59 Å². The number of carboxylic acid groups (broad SMARTS) is 1. The van der Waals surface area contributed by atoms with Crippen molar-refractivity contribution in [3.63, 3.8) is 0 Å². The van der Waals surface area contributed by atoms with E-state index >= 15 is 0 Å². The van der Waals surface area contributed by atoms with E-state index in [1.54, 1.807) is 0 Å². The SMILES string of the molecule is O=C(O)[C@H]1CC[C@@H](NC(=O)C2(c3ccccc3)CCC2)C1. The summed E-state index contributed by atoms with van der Waals surface area (Å²) in [6, 6.07) is 9.96. The maximum absolute atomic E-state index is 12.7. The number of hydrogen-bond donors (Lipinski definition) is 2. The summed E-state index contributed by atoms with van der Waals surface area (Å²) in [7, 11) is 0. The van der Waals surface area contributed by atoms with Crippen molar-refractivity contribution >= 4 is 11.9 Å². The van der Waals surface area contributed by atoms with Gasteiger partial charge in [-0.1, -0.05) is 36.8 Å². The van der Waals surface area contributed by atoms with Crippen LogP contribution >= 0.6 is 0 Å². The Balaban J connectivity index is 1.69. The Morgan fingerprint density at radius 2 is 1.86 bits per heavy atom. The Morgan fingerprint density at radius 3 is 2.38 bits per heavy atom. The second kappa shape index (κ2) is 5.51. The zero-order valence-electron chi connectivity index (χ0n) is 12.0. The van der Waals surface area contributed by atoms with Gasteiger partial charge in [0.2, 0.25) is 5.91 Å². The van der Waals surface area contributed by atoms with Crippen molar-refractivity contribution in [3.8, 4) is 0 Å². The van der Waals surface area contributed by atoms with E-state index in [0.717, 1.165) is 31.2 Å². The molecule has 1 aromatic carbocycles. The van der Waals surface area contributed by atoms with Gasteiger partial charge in [0.1, 0.15) is 0 Å². The maximum Gasteiger partial charge on any atom is 0.306 e. The first-order chi connectivity index (χ1) is 10.1. The highest BCUT2D eigenvalue weighted by molar-refractivity contribution is 5.89. The quantitative estimate of drug-likeness (QED) is 0.894. The molecule has 2 fully saturated rings. The van der Waals surface area contributed by atoms with Crippen LogP contribution in [-0.2, 0) is 15.0 Å². The van der Waals surface area contributed by atoms with Crippen molar-refractivity contribution in [1.29, 1.82) is 0 Å². The second-order valence-electron chi connectivity index (χ2n) is 6.32. The Bertz CT molecular complexity index is 536. The van der Waals surface area contributed by atoms with Crippen LogP contribution in [0.3, 0.4) is 0 Å². The van der Waals surface area contributed by atoms with Crippen molar-refractivity contribution in [3.05, 3.63) is 35.9 Å². The van der Waals surface area contributed by atoms with Gasteiger partial charge in [-0.15, -0.1) is 0 Å². The highest BCUT2D eigenvalue weighted by Crippen LogP contribution is 2.44. The average molecular weight is 287 g/mol. The molecule has 2 aliphatic rings. The summed E-state index contributed by atoms with van der Waals surface area (Å²) < 4.78 is 0. The maximum atomic E-state index is 12.7. The lowest BCUT2D eigenvalue weighted by molar-refractivity contribution is -0.141. The van der Waals surface area contributed by atoms with E-state index in [2.05, 4.69) is 5.32 Å². The van der Waals surface area contributed by atoms with Crippen LogP contribution in [0.15, 0.2) is 30.3 Å². The van der Waals surface area contributed by atoms with Gasteiger partial charge in [-0.2, -0.15) is 0 Å². The van der Waals surface area contributed by atoms with Crippen molar-refractivity contribution < 1.29 is 14.7 Å². The average Bonchev–Trinajstić information content (AvgIpc) is 2.87. The molecular weight excluding hydrogens is 266 g/mol. The Hall–Kier alpha value is -1.84. The fraction of sp³-hybridized carbons (Fsp3) is 0.529. The molecule has 0 aliphatic heterocycles. The lowest BCUT2D eigenvalue weighted by atomic mass is 9.63. The summed E-state index contributed by atoms with van der Waals surface area (Å²) >= 11 is 0. The number of amides is 1. The highest BCUT2D eigenvalue weighted by Gasteiger charge is 2.46. The van der Waals surface area contributed by atoms with Gasteiger partial charge < -0.3 is 10.4 Å². The largest absolute Gasteiger partial charge is 0.481 e. The van der Waals surface area contributed by atoms with Gasteiger partial charge >= 0.3 is 5.97 Å². The van der Waals surface area contributed by atoms with Crippen LogP contribution in [0.4, 0.5) is 0 Å². The molecule has 0 bridgehead atoms. The van der Waals surface area contributed by atoms with Crippen LogP contribution in [0.1, 0.15) is 44.1 Å². The van der Waals surface area contributed by atoms with Gasteiger partial charge in [-0.05, 0) is 37.7 Å². The molecule has 2 N–H and O–H groups in total. The predicted octanol–water partition coefficient (Wildman–Crippen LogP) is 2.48. The molecule has 2 aliphatic carbocycles. The van der Waals surface area contributed by atoms with Crippen molar-refractivity contribution in [2.24, 2.45) is 5.92 Å². The first-order valence-electron chi connectivity index (χ1n) is 7.71. The first-order valence-corrected chi connectivity index (χ1v) is 7.71. The van der Waals surface area contributed by atoms with Gasteiger partial charge in [0.05, 0.1) is 11.3 Å². The second-order valence-corrected chi connectivity index (χ2v) is 6.32. The molecule has 3 rings (SSSR count). The molecule has 2 atom stereocenters. The molecule has 112 valence electrons. The summed E-state index contributed by atoms with van der Waals surface area (Å²) in [6.07, 6.45) is 4.85. The third-order valence-corrected chi connectivity index (χ3v) is 5.09. The molecule has 4 heteroatoms. The Morgan fingerprint density at radius 1 is 1.14 bits per heavy atom. The molecular formula is C17H21NO3. The number of carboxylic acids is 1. The fourth-order valence-electron chi connectivity index (χ4n) is 3.59. The fourth-order valence-corrected chi connectivity index (χ4v) is 3.59. The molecule has 0 radical (unpaired) electrons. The van der Waals surface area contributed by atoms with E-state index in [1.165, 1.54) is 0 Å².